The van der Waals surface area contributed by atoms with Crippen LogP contribution in [0.15, 0.2) is 59.8 Å². The van der Waals surface area contributed by atoms with Crippen molar-refractivity contribution < 1.29 is 14.3 Å². The molecule has 1 saturated heterocycles. The maximum absolute atomic E-state index is 13.6. The fraction of sp³-hybridized carbons (Fsp3) is 0.292. The van der Waals surface area contributed by atoms with Gasteiger partial charge in [-0.05, 0) is 43.7 Å². The second kappa shape index (κ2) is 8.62. The number of ether oxygens (including phenoxy) is 1. The van der Waals surface area contributed by atoms with E-state index in [-0.39, 0.29) is 11.9 Å². The molecule has 0 radical (unpaired) electrons. The summed E-state index contributed by atoms with van der Waals surface area (Å²) in [4.78, 5) is 30.0. The molecule has 0 saturated carbocycles. The van der Waals surface area contributed by atoms with E-state index < -0.39 is 6.04 Å². The van der Waals surface area contributed by atoms with Gasteiger partial charge in [-0.2, -0.15) is 5.26 Å². The number of carbonyl (C=O) groups is 2. The summed E-state index contributed by atoms with van der Waals surface area (Å²) < 4.78 is 5.40. The molecule has 2 aliphatic heterocycles. The predicted molar refractivity (Wildman–Crippen MR) is 116 cm³/mol. The van der Waals surface area contributed by atoms with Crippen LogP contribution in [0.25, 0.3) is 0 Å². The zero-order chi connectivity index (χ0) is 22.0. The average molecular weight is 416 g/mol. The number of urea groups is 1. The lowest BCUT2D eigenvalue weighted by atomic mass is 9.92. The van der Waals surface area contributed by atoms with Gasteiger partial charge in [-0.3, -0.25) is 9.69 Å². The zero-order valence-electron chi connectivity index (χ0n) is 17.6. The summed E-state index contributed by atoms with van der Waals surface area (Å²) in [5.41, 5.74) is 4.18. The highest BCUT2D eigenvalue weighted by atomic mass is 16.5. The van der Waals surface area contributed by atoms with Gasteiger partial charge in [0, 0.05) is 18.8 Å². The molecule has 0 spiro atoms. The fourth-order valence-electron chi connectivity index (χ4n) is 3.96. The van der Waals surface area contributed by atoms with Crippen molar-refractivity contribution in [1.29, 1.82) is 5.26 Å². The number of morpholine rings is 1. The molecule has 2 heterocycles. The van der Waals surface area contributed by atoms with E-state index in [4.69, 9.17) is 10.00 Å². The minimum absolute atomic E-state index is 0.118. The van der Waals surface area contributed by atoms with Crippen LogP contribution < -0.4 is 10.2 Å². The Bertz CT molecular complexity index is 1060. The number of nitrogens with one attached hydrogen (secondary N) is 1. The van der Waals surface area contributed by atoms with Crippen LogP contribution in [0.3, 0.4) is 0 Å². The SMILES string of the molecule is CC1=C(C(=O)N2CCOCC2)[C@H](c2ccc(C#N)cc2)NC(=O)N1c1ccc(C)cc1. The topological polar surface area (TPSA) is 85.7 Å². The number of amides is 3. The minimum atomic E-state index is -0.600. The maximum atomic E-state index is 13.6. The Balaban J connectivity index is 1.80. The number of nitrogens with zero attached hydrogens (tertiary/aromatic N) is 3. The van der Waals surface area contributed by atoms with E-state index in [1.807, 2.05) is 38.1 Å². The first-order chi connectivity index (χ1) is 15.0. The molecule has 2 aromatic rings. The highest BCUT2D eigenvalue weighted by Crippen LogP contribution is 2.34. The lowest BCUT2D eigenvalue weighted by Crippen LogP contribution is -2.51. The third-order valence-corrected chi connectivity index (χ3v) is 5.68. The van der Waals surface area contributed by atoms with Crippen LogP contribution in [-0.2, 0) is 9.53 Å². The van der Waals surface area contributed by atoms with E-state index >= 15 is 0 Å². The maximum Gasteiger partial charge on any atom is 0.326 e. The van der Waals surface area contributed by atoms with Gasteiger partial charge in [-0.25, -0.2) is 4.79 Å². The molecule has 158 valence electrons. The van der Waals surface area contributed by atoms with Gasteiger partial charge in [0.1, 0.15) is 0 Å². The van der Waals surface area contributed by atoms with Crippen molar-refractivity contribution in [3.05, 3.63) is 76.5 Å². The van der Waals surface area contributed by atoms with Gasteiger partial charge in [0.25, 0.3) is 5.91 Å². The number of nitriles is 1. The van der Waals surface area contributed by atoms with Crippen molar-refractivity contribution in [1.82, 2.24) is 10.2 Å². The van der Waals surface area contributed by atoms with Crippen LogP contribution in [0.1, 0.15) is 29.7 Å². The fourth-order valence-corrected chi connectivity index (χ4v) is 3.96. The van der Waals surface area contributed by atoms with E-state index in [0.29, 0.717) is 48.8 Å². The second-order valence-electron chi connectivity index (χ2n) is 7.69. The van der Waals surface area contributed by atoms with Crippen LogP contribution >= 0.6 is 0 Å². The molecule has 2 aliphatic rings. The third-order valence-electron chi connectivity index (χ3n) is 5.68. The number of anilines is 1. The number of benzene rings is 2. The monoisotopic (exact) mass is 416 g/mol. The Labute approximate surface area is 181 Å². The van der Waals surface area contributed by atoms with Crippen molar-refractivity contribution in [3.63, 3.8) is 0 Å². The number of carbonyl (C=O) groups excluding carboxylic acids is 2. The summed E-state index contributed by atoms with van der Waals surface area (Å²) in [5, 5.41) is 12.1. The van der Waals surface area contributed by atoms with E-state index in [2.05, 4.69) is 11.4 Å². The van der Waals surface area contributed by atoms with E-state index in [0.717, 1.165) is 11.1 Å². The predicted octanol–water partition coefficient (Wildman–Crippen LogP) is 3.27. The van der Waals surface area contributed by atoms with Crippen LogP contribution in [0, 0.1) is 18.3 Å². The van der Waals surface area contributed by atoms with Crippen molar-refractivity contribution in [2.75, 3.05) is 31.2 Å². The normalized spacial score (nSPS) is 19.1. The summed E-state index contributed by atoms with van der Waals surface area (Å²) in [6.07, 6.45) is 0. The third kappa shape index (κ3) is 4.03. The van der Waals surface area contributed by atoms with Gasteiger partial charge in [0.05, 0.1) is 42.1 Å². The Hall–Kier alpha value is -3.63. The molecular weight excluding hydrogens is 392 g/mol. The smallest absolute Gasteiger partial charge is 0.326 e. The lowest BCUT2D eigenvalue weighted by Gasteiger charge is -2.38. The molecule has 0 bridgehead atoms. The number of allylic oxidation sites excluding steroid dienone is 1. The van der Waals surface area contributed by atoms with Crippen LogP contribution in [0.4, 0.5) is 10.5 Å². The second-order valence-corrected chi connectivity index (χ2v) is 7.69. The quantitative estimate of drug-likeness (QED) is 0.832. The Morgan fingerprint density at radius 1 is 1.06 bits per heavy atom. The molecular formula is C24H24N4O3. The number of hydrogen-bond donors (Lipinski definition) is 1. The van der Waals surface area contributed by atoms with Gasteiger partial charge in [-0.15, -0.1) is 0 Å². The highest BCUT2D eigenvalue weighted by molar-refractivity contribution is 6.04. The number of hydrogen-bond acceptors (Lipinski definition) is 4. The van der Waals surface area contributed by atoms with E-state index in [9.17, 15) is 9.59 Å². The van der Waals surface area contributed by atoms with Gasteiger partial charge in [-0.1, -0.05) is 29.8 Å². The lowest BCUT2D eigenvalue weighted by molar-refractivity contribution is -0.131. The molecule has 7 heteroatoms. The standard InChI is InChI=1S/C24H24N4O3/c1-16-3-9-20(10-4-16)28-17(2)21(23(29)27-11-13-31-14-12-27)22(26-24(28)30)19-7-5-18(15-25)6-8-19/h3-10,22H,11-14H2,1-2H3,(H,26,30)/t22-/m0/s1. The summed E-state index contributed by atoms with van der Waals surface area (Å²) in [7, 11) is 0. The molecule has 31 heavy (non-hydrogen) atoms. The van der Waals surface area contributed by atoms with Crippen LogP contribution in [0.5, 0.6) is 0 Å². The van der Waals surface area contributed by atoms with E-state index in [1.165, 1.54) is 0 Å². The molecule has 0 aliphatic carbocycles. The molecule has 1 atom stereocenters. The summed E-state index contributed by atoms with van der Waals surface area (Å²) >= 11 is 0. The van der Waals surface area contributed by atoms with Crippen LogP contribution in [-0.4, -0.2) is 43.1 Å². The molecule has 0 unspecified atom stereocenters. The summed E-state index contributed by atoms with van der Waals surface area (Å²) in [6, 6.07) is 15.8. The molecule has 1 fully saturated rings. The first-order valence-electron chi connectivity index (χ1n) is 10.2. The Morgan fingerprint density at radius 2 is 1.71 bits per heavy atom. The van der Waals surface area contributed by atoms with Crippen LogP contribution in [0.2, 0.25) is 0 Å². The van der Waals surface area contributed by atoms with Gasteiger partial charge >= 0.3 is 6.03 Å². The van der Waals surface area contributed by atoms with Crippen molar-refractivity contribution in [2.45, 2.75) is 19.9 Å². The van der Waals surface area contributed by atoms with Gasteiger partial charge in [0.15, 0.2) is 0 Å². The number of rotatable bonds is 3. The van der Waals surface area contributed by atoms with E-state index in [1.54, 1.807) is 34.1 Å². The van der Waals surface area contributed by atoms with Gasteiger partial charge < -0.3 is 15.0 Å². The number of aryl methyl sites for hydroxylation is 1. The largest absolute Gasteiger partial charge is 0.378 e. The molecule has 7 nitrogen and oxygen atoms in total. The minimum Gasteiger partial charge on any atom is -0.378 e. The highest BCUT2D eigenvalue weighted by Gasteiger charge is 2.38. The molecule has 2 aromatic carbocycles. The molecule has 1 N–H and O–H groups in total. The van der Waals surface area contributed by atoms with Crippen molar-refractivity contribution in [3.8, 4) is 6.07 Å². The molecule has 4 rings (SSSR count). The summed E-state index contributed by atoms with van der Waals surface area (Å²) in [5.74, 6) is -0.118. The first kappa shape index (κ1) is 20.6. The Morgan fingerprint density at radius 3 is 2.32 bits per heavy atom. The molecule has 3 amide bonds. The molecule has 0 aromatic heterocycles. The summed E-state index contributed by atoms with van der Waals surface area (Å²) in [6.45, 7) is 5.80. The Kier molecular flexibility index (Phi) is 5.74. The van der Waals surface area contributed by atoms with Gasteiger partial charge in [0.2, 0.25) is 0 Å². The average Bonchev–Trinajstić information content (AvgIpc) is 2.80. The van der Waals surface area contributed by atoms with Crippen molar-refractivity contribution >= 4 is 17.6 Å². The first-order valence-corrected chi connectivity index (χ1v) is 10.2. The zero-order valence-corrected chi connectivity index (χ0v) is 17.6. The van der Waals surface area contributed by atoms with Crippen molar-refractivity contribution in [2.24, 2.45) is 0 Å².